The molecule has 106 valence electrons. The highest BCUT2D eigenvalue weighted by Crippen LogP contribution is 2.24. The van der Waals surface area contributed by atoms with E-state index in [4.69, 9.17) is 4.74 Å². The van der Waals surface area contributed by atoms with Gasteiger partial charge in [-0.2, -0.15) is 0 Å². The van der Waals surface area contributed by atoms with E-state index in [0.717, 1.165) is 22.6 Å². The smallest absolute Gasteiger partial charge is 0.120 e. The van der Waals surface area contributed by atoms with E-state index in [1.54, 1.807) is 0 Å². The summed E-state index contributed by atoms with van der Waals surface area (Å²) in [5, 5.41) is 3.42. The van der Waals surface area contributed by atoms with Crippen LogP contribution in [0.4, 0.5) is 0 Å². The lowest BCUT2D eigenvalue weighted by atomic mass is 9.92. The Morgan fingerprint density at radius 3 is 2.79 bits per heavy atom. The maximum absolute atomic E-state index is 6.00. The first-order chi connectivity index (χ1) is 9.15. The SMILES string of the molecule is Cc1cc(O[C@@H](C)CCC2CCNCC2)ccc1Br. The van der Waals surface area contributed by atoms with Crippen LogP contribution in [-0.2, 0) is 0 Å². The number of nitrogens with one attached hydrogen (secondary N) is 1. The Bertz CT molecular complexity index is 402. The second-order valence-electron chi connectivity index (χ2n) is 5.61. The molecule has 0 aliphatic carbocycles. The largest absolute Gasteiger partial charge is 0.491 e. The van der Waals surface area contributed by atoms with Crippen LogP contribution in [0.3, 0.4) is 0 Å². The van der Waals surface area contributed by atoms with Crippen LogP contribution < -0.4 is 10.1 Å². The molecule has 0 saturated carbocycles. The molecule has 1 atom stereocenters. The lowest BCUT2D eigenvalue weighted by molar-refractivity contribution is 0.192. The van der Waals surface area contributed by atoms with E-state index in [1.807, 2.05) is 6.07 Å². The first-order valence-corrected chi connectivity index (χ1v) is 8.08. The fourth-order valence-electron chi connectivity index (χ4n) is 2.62. The molecule has 1 aliphatic rings. The summed E-state index contributed by atoms with van der Waals surface area (Å²) >= 11 is 3.52. The van der Waals surface area contributed by atoms with Crippen LogP contribution in [0.25, 0.3) is 0 Å². The van der Waals surface area contributed by atoms with Gasteiger partial charge < -0.3 is 10.1 Å². The zero-order valence-corrected chi connectivity index (χ0v) is 13.5. The van der Waals surface area contributed by atoms with Crippen molar-refractivity contribution in [3.05, 3.63) is 28.2 Å². The molecule has 2 rings (SSSR count). The van der Waals surface area contributed by atoms with Gasteiger partial charge in [-0.3, -0.25) is 0 Å². The number of hydrogen-bond acceptors (Lipinski definition) is 2. The van der Waals surface area contributed by atoms with E-state index in [2.05, 4.69) is 47.2 Å². The molecule has 1 saturated heterocycles. The van der Waals surface area contributed by atoms with Gasteiger partial charge >= 0.3 is 0 Å². The average Bonchev–Trinajstić information content (AvgIpc) is 2.42. The Hall–Kier alpha value is -0.540. The molecule has 2 nitrogen and oxygen atoms in total. The predicted octanol–water partition coefficient (Wildman–Crippen LogP) is 4.30. The van der Waals surface area contributed by atoms with Crippen LogP contribution in [0.5, 0.6) is 5.75 Å². The molecule has 3 heteroatoms. The van der Waals surface area contributed by atoms with Gasteiger partial charge in [0.2, 0.25) is 0 Å². The van der Waals surface area contributed by atoms with Gasteiger partial charge in [-0.1, -0.05) is 15.9 Å². The van der Waals surface area contributed by atoms with E-state index < -0.39 is 0 Å². The number of aryl methyl sites for hydroxylation is 1. The Morgan fingerprint density at radius 1 is 1.37 bits per heavy atom. The van der Waals surface area contributed by atoms with Gasteiger partial charge in [-0.25, -0.2) is 0 Å². The van der Waals surface area contributed by atoms with Crippen molar-refractivity contribution in [1.82, 2.24) is 5.32 Å². The molecule has 19 heavy (non-hydrogen) atoms. The Morgan fingerprint density at radius 2 is 2.11 bits per heavy atom. The van der Waals surface area contributed by atoms with Crippen LogP contribution in [0.15, 0.2) is 22.7 Å². The second-order valence-corrected chi connectivity index (χ2v) is 6.46. The maximum Gasteiger partial charge on any atom is 0.120 e. The van der Waals surface area contributed by atoms with Crippen molar-refractivity contribution in [2.24, 2.45) is 5.92 Å². The third-order valence-corrected chi connectivity index (χ3v) is 4.80. The zero-order valence-electron chi connectivity index (χ0n) is 11.9. The third-order valence-electron chi connectivity index (χ3n) is 3.91. The van der Waals surface area contributed by atoms with Crippen molar-refractivity contribution >= 4 is 15.9 Å². The molecule has 0 spiro atoms. The van der Waals surface area contributed by atoms with Gasteiger partial charge in [0, 0.05) is 4.47 Å². The van der Waals surface area contributed by atoms with Gasteiger partial charge in [-0.15, -0.1) is 0 Å². The Labute approximate surface area is 125 Å². The number of hydrogen-bond donors (Lipinski definition) is 1. The highest BCUT2D eigenvalue weighted by atomic mass is 79.9. The molecule has 0 unspecified atom stereocenters. The van der Waals surface area contributed by atoms with E-state index in [0.29, 0.717) is 6.10 Å². The normalized spacial score (nSPS) is 18.3. The first-order valence-electron chi connectivity index (χ1n) is 7.28. The number of rotatable bonds is 5. The maximum atomic E-state index is 6.00. The molecule has 1 aromatic rings. The standard InChI is InChI=1S/C16H24BrNO/c1-12-11-15(5-6-16(12)17)19-13(2)3-4-14-7-9-18-10-8-14/h5-6,11,13-14,18H,3-4,7-10H2,1-2H3/t13-/m0/s1. The predicted molar refractivity (Wildman–Crippen MR) is 83.8 cm³/mol. The summed E-state index contributed by atoms with van der Waals surface area (Å²) in [5.74, 6) is 1.87. The van der Waals surface area contributed by atoms with Crippen LogP contribution in [0.2, 0.25) is 0 Å². The molecule has 0 aromatic heterocycles. The van der Waals surface area contributed by atoms with Gasteiger partial charge in [0.25, 0.3) is 0 Å². The zero-order chi connectivity index (χ0) is 13.7. The molecule has 1 N–H and O–H groups in total. The van der Waals surface area contributed by atoms with Gasteiger partial charge in [0.15, 0.2) is 0 Å². The molecular weight excluding hydrogens is 302 g/mol. The van der Waals surface area contributed by atoms with Gasteiger partial charge in [-0.05, 0) is 82.3 Å². The van der Waals surface area contributed by atoms with E-state index in [9.17, 15) is 0 Å². The summed E-state index contributed by atoms with van der Waals surface area (Å²) in [7, 11) is 0. The van der Waals surface area contributed by atoms with Crippen LogP contribution in [0, 0.1) is 12.8 Å². The lowest BCUT2D eigenvalue weighted by Gasteiger charge is -2.24. The second kappa shape index (κ2) is 7.30. The quantitative estimate of drug-likeness (QED) is 0.871. The topological polar surface area (TPSA) is 21.3 Å². The Kier molecular flexibility index (Phi) is 5.71. The number of halogens is 1. The van der Waals surface area contributed by atoms with Crippen molar-refractivity contribution < 1.29 is 4.74 Å². The average molecular weight is 326 g/mol. The van der Waals surface area contributed by atoms with E-state index >= 15 is 0 Å². The molecule has 0 bridgehead atoms. The van der Waals surface area contributed by atoms with Crippen molar-refractivity contribution in [3.8, 4) is 5.75 Å². The molecule has 1 heterocycles. The first kappa shape index (κ1) is 14.9. The van der Waals surface area contributed by atoms with Crippen molar-refractivity contribution in [3.63, 3.8) is 0 Å². The fourth-order valence-corrected chi connectivity index (χ4v) is 2.87. The minimum absolute atomic E-state index is 0.301. The summed E-state index contributed by atoms with van der Waals surface area (Å²) in [6.45, 7) is 6.65. The van der Waals surface area contributed by atoms with Crippen LogP contribution in [-0.4, -0.2) is 19.2 Å². The van der Waals surface area contributed by atoms with Crippen molar-refractivity contribution in [2.75, 3.05) is 13.1 Å². The molecule has 1 aliphatic heterocycles. The minimum atomic E-state index is 0.301. The van der Waals surface area contributed by atoms with Crippen LogP contribution >= 0.6 is 15.9 Å². The molecule has 0 radical (unpaired) electrons. The summed E-state index contributed by atoms with van der Waals surface area (Å²) < 4.78 is 7.15. The van der Waals surface area contributed by atoms with Gasteiger partial charge in [0.1, 0.15) is 5.75 Å². The van der Waals surface area contributed by atoms with Crippen molar-refractivity contribution in [2.45, 2.75) is 45.6 Å². The number of benzene rings is 1. The summed E-state index contributed by atoms with van der Waals surface area (Å²) in [6.07, 6.45) is 5.39. The highest BCUT2D eigenvalue weighted by Gasteiger charge is 2.14. The van der Waals surface area contributed by atoms with Crippen molar-refractivity contribution in [1.29, 1.82) is 0 Å². The Balaban J connectivity index is 1.76. The number of ether oxygens (including phenoxy) is 1. The fraction of sp³-hybridized carbons (Fsp3) is 0.625. The molecule has 1 fully saturated rings. The molecular formula is C16H24BrNO. The van der Waals surface area contributed by atoms with E-state index in [1.165, 1.54) is 37.9 Å². The van der Waals surface area contributed by atoms with Crippen LogP contribution in [0.1, 0.15) is 38.2 Å². The summed E-state index contributed by atoms with van der Waals surface area (Å²) in [5.41, 5.74) is 1.23. The number of piperidine rings is 1. The summed E-state index contributed by atoms with van der Waals surface area (Å²) in [6, 6.07) is 6.20. The van der Waals surface area contributed by atoms with E-state index in [-0.39, 0.29) is 0 Å². The van der Waals surface area contributed by atoms with Gasteiger partial charge in [0.05, 0.1) is 6.10 Å². The lowest BCUT2D eigenvalue weighted by Crippen LogP contribution is -2.28. The third kappa shape index (κ3) is 4.81. The highest BCUT2D eigenvalue weighted by molar-refractivity contribution is 9.10. The molecule has 1 aromatic carbocycles. The minimum Gasteiger partial charge on any atom is -0.491 e. The summed E-state index contributed by atoms with van der Waals surface area (Å²) in [4.78, 5) is 0. The molecule has 0 amide bonds. The monoisotopic (exact) mass is 325 g/mol.